The Morgan fingerprint density at radius 1 is 1.37 bits per heavy atom. The lowest BCUT2D eigenvalue weighted by atomic mass is 10.0. The highest BCUT2D eigenvalue weighted by atomic mass is 16.5. The minimum absolute atomic E-state index is 0.0232. The van der Waals surface area contributed by atoms with Gasteiger partial charge in [-0.15, -0.1) is 0 Å². The Balaban J connectivity index is 1.95. The third-order valence-corrected chi connectivity index (χ3v) is 3.20. The zero-order valence-electron chi connectivity index (χ0n) is 10.9. The number of hydrogen-bond donors (Lipinski definition) is 2. The van der Waals surface area contributed by atoms with E-state index in [-0.39, 0.29) is 30.4 Å². The third kappa shape index (κ3) is 3.79. The Kier molecular flexibility index (Phi) is 4.52. The zero-order valence-corrected chi connectivity index (χ0v) is 10.9. The van der Waals surface area contributed by atoms with Crippen LogP contribution in [0.15, 0.2) is 30.3 Å². The molecule has 2 atom stereocenters. The van der Waals surface area contributed by atoms with Crippen LogP contribution in [0, 0.1) is 0 Å². The summed E-state index contributed by atoms with van der Waals surface area (Å²) < 4.78 is 4.64. The van der Waals surface area contributed by atoms with E-state index in [0.717, 1.165) is 5.56 Å². The van der Waals surface area contributed by atoms with Crippen LogP contribution in [-0.2, 0) is 20.7 Å². The van der Waals surface area contributed by atoms with Crippen LogP contribution in [0.25, 0.3) is 0 Å². The third-order valence-electron chi connectivity index (χ3n) is 3.20. The number of rotatable bonds is 4. The van der Waals surface area contributed by atoms with Gasteiger partial charge in [0.15, 0.2) is 0 Å². The van der Waals surface area contributed by atoms with Gasteiger partial charge in [-0.3, -0.25) is 9.59 Å². The molecular weight excluding hydrogens is 244 g/mol. The fraction of sp³-hybridized carbons (Fsp3) is 0.429. The van der Waals surface area contributed by atoms with E-state index in [0.29, 0.717) is 13.0 Å². The van der Waals surface area contributed by atoms with Crippen molar-refractivity contribution in [3.63, 3.8) is 0 Å². The maximum atomic E-state index is 11.8. The summed E-state index contributed by atoms with van der Waals surface area (Å²) in [6.07, 6.45) is 0.881. The highest BCUT2D eigenvalue weighted by Crippen LogP contribution is 2.08. The van der Waals surface area contributed by atoms with Crippen LogP contribution >= 0.6 is 0 Å². The molecule has 102 valence electrons. The number of piperazine rings is 1. The Morgan fingerprint density at radius 3 is 2.79 bits per heavy atom. The van der Waals surface area contributed by atoms with Gasteiger partial charge in [0, 0.05) is 12.6 Å². The van der Waals surface area contributed by atoms with Crippen molar-refractivity contribution < 1.29 is 14.3 Å². The topological polar surface area (TPSA) is 67.4 Å². The maximum Gasteiger partial charge on any atom is 0.307 e. The quantitative estimate of drug-likeness (QED) is 0.763. The number of carbonyl (C=O) groups is 2. The highest BCUT2D eigenvalue weighted by molar-refractivity contribution is 5.83. The monoisotopic (exact) mass is 262 g/mol. The average molecular weight is 262 g/mol. The molecule has 1 aliphatic rings. The predicted molar refractivity (Wildman–Crippen MR) is 70.5 cm³/mol. The van der Waals surface area contributed by atoms with Crippen molar-refractivity contribution in [2.45, 2.75) is 24.9 Å². The molecule has 5 nitrogen and oxygen atoms in total. The molecule has 2 rings (SSSR count). The zero-order chi connectivity index (χ0) is 13.7. The summed E-state index contributed by atoms with van der Waals surface area (Å²) in [7, 11) is 1.37. The van der Waals surface area contributed by atoms with Gasteiger partial charge in [-0.1, -0.05) is 30.3 Å². The minimum Gasteiger partial charge on any atom is -0.469 e. The van der Waals surface area contributed by atoms with Crippen molar-refractivity contribution in [3.8, 4) is 0 Å². The summed E-state index contributed by atoms with van der Waals surface area (Å²) in [5.74, 6) is -0.294. The summed E-state index contributed by atoms with van der Waals surface area (Å²) in [5.41, 5.74) is 1.09. The van der Waals surface area contributed by atoms with Crippen LogP contribution < -0.4 is 10.6 Å². The van der Waals surface area contributed by atoms with E-state index in [1.165, 1.54) is 7.11 Å². The molecule has 1 saturated heterocycles. The second-order valence-electron chi connectivity index (χ2n) is 4.63. The Morgan fingerprint density at radius 2 is 2.11 bits per heavy atom. The number of ether oxygens (including phenoxy) is 1. The van der Waals surface area contributed by atoms with Gasteiger partial charge >= 0.3 is 5.97 Å². The first-order valence-corrected chi connectivity index (χ1v) is 6.33. The van der Waals surface area contributed by atoms with E-state index in [1.54, 1.807) is 0 Å². The molecule has 1 aromatic rings. The van der Waals surface area contributed by atoms with Gasteiger partial charge in [0.25, 0.3) is 0 Å². The van der Waals surface area contributed by atoms with Crippen LogP contribution in [0.2, 0.25) is 0 Å². The van der Waals surface area contributed by atoms with E-state index in [2.05, 4.69) is 15.4 Å². The van der Waals surface area contributed by atoms with Crippen molar-refractivity contribution in [1.82, 2.24) is 10.6 Å². The second kappa shape index (κ2) is 6.33. The van der Waals surface area contributed by atoms with Crippen molar-refractivity contribution in [2.24, 2.45) is 0 Å². The van der Waals surface area contributed by atoms with E-state index in [4.69, 9.17) is 0 Å². The second-order valence-corrected chi connectivity index (χ2v) is 4.63. The molecule has 19 heavy (non-hydrogen) atoms. The van der Waals surface area contributed by atoms with E-state index >= 15 is 0 Å². The molecule has 0 unspecified atom stereocenters. The highest BCUT2D eigenvalue weighted by Gasteiger charge is 2.29. The SMILES string of the molecule is COC(=O)C[C@@H]1CNC(=O)[C@H](Cc2ccccc2)N1. The fourth-order valence-corrected chi connectivity index (χ4v) is 2.18. The summed E-state index contributed by atoms with van der Waals surface area (Å²) in [6.45, 7) is 0.458. The van der Waals surface area contributed by atoms with Gasteiger partial charge in [-0.25, -0.2) is 0 Å². The summed E-state index contributed by atoms with van der Waals surface area (Å²) in [5, 5.41) is 6.03. The summed E-state index contributed by atoms with van der Waals surface area (Å²) in [6, 6.07) is 9.43. The average Bonchev–Trinajstić information content (AvgIpc) is 2.43. The number of methoxy groups -OCH3 is 1. The molecule has 1 amide bonds. The lowest BCUT2D eigenvalue weighted by molar-refractivity contribution is -0.142. The van der Waals surface area contributed by atoms with E-state index < -0.39 is 0 Å². The molecule has 0 radical (unpaired) electrons. The molecule has 1 fully saturated rings. The first-order chi connectivity index (χ1) is 9.19. The van der Waals surface area contributed by atoms with Gasteiger partial charge < -0.3 is 15.4 Å². The molecule has 0 saturated carbocycles. The first-order valence-electron chi connectivity index (χ1n) is 6.33. The normalized spacial score (nSPS) is 22.7. The number of nitrogens with one attached hydrogen (secondary N) is 2. The van der Waals surface area contributed by atoms with Crippen LogP contribution in [0.4, 0.5) is 0 Å². The fourth-order valence-electron chi connectivity index (χ4n) is 2.18. The summed E-state index contributed by atoms with van der Waals surface area (Å²) >= 11 is 0. The summed E-state index contributed by atoms with van der Waals surface area (Å²) in [4.78, 5) is 23.1. The van der Waals surface area contributed by atoms with Crippen LogP contribution in [-0.4, -0.2) is 37.6 Å². The van der Waals surface area contributed by atoms with E-state index in [9.17, 15) is 9.59 Å². The predicted octanol–water partition coefficient (Wildman–Crippen LogP) is 0.249. The van der Waals surface area contributed by atoms with Crippen LogP contribution in [0.3, 0.4) is 0 Å². The lowest BCUT2D eigenvalue weighted by Gasteiger charge is -2.30. The van der Waals surface area contributed by atoms with Crippen molar-refractivity contribution in [1.29, 1.82) is 0 Å². The number of hydrogen-bond acceptors (Lipinski definition) is 4. The number of amides is 1. The molecule has 1 aromatic carbocycles. The molecule has 0 spiro atoms. The van der Waals surface area contributed by atoms with Gasteiger partial charge in [-0.05, 0) is 12.0 Å². The number of carbonyl (C=O) groups excluding carboxylic acids is 2. The number of esters is 1. The van der Waals surface area contributed by atoms with E-state index in [1.807, 2.05) is 30.3 Å². The Labute approximate surface area is 112 Å². The van der Waals surface area contributed by atoms with Crippen LogP contribution in [0.5, 0.6) is 0 Å². The van der Waals surface area contributed by atoms with Crippen molar-refractivity contribution >= 4 is 11.9 Å². The molecule has 0 aliphatic carbocycles. The van der Waals surface area contributed by atoms with Gasteiger partial charge in [0.05, 0.1) is 19.6 Å². The van der Waals surface area contributed by atoms with Gasteiger partial charge in [0.2, 0.25) is 5.91 Å². The van der Waals surface area contributed by atoms with Gasteiger partial charge in [-0.2, -0.15) is 0 Å². The Bertz CT molecular complexity index is 447. The van der Waals surface area contributed by atoms with Crippen molar-refractivity contribution in [2.75, 3.05) is 13.7 Å². The number of benzene rings is 1. The molecular formula is C14H18N2O3. The molecule has 1 aliphatic heterocycles. The molecule has 0 bridgehead atoms. The largest absolute Gasteiger partial charge is 0.469 e. The maximum absolute atomic E-state index is 11.8. The Hall–Kier alpha value is -1.88. The molecule has 2 N–H and O–H groups in total. The standard InChI is InChI=1S/C14H18N2O3/c1-19-13(17)8-11-9-15-14(18)12(16-11)7-10-5-3-2-4-6-10/h2-6,11-12,16H,7-9H2,1H3,(H,15,18)/t11-,12+/m1/s1. The van der Waals surface area contributed by atoms with Gasteiger partial charge in [0.1, 0.15) is 0 Å². The van der Waals surface area contributed by atoms with Crippen molar-refractivity contribution in [3.05, 3.63) is 35.9 Å². The first kappa shape index (κ1) is 13.5. The molecule has 5 heteroatoms. The minimum atomic E-state index is -0.300. The molecule has 0 aromatic heterocycles. The lowest BCUT2D eigenvalue weighted by Crippen LogP contribution is -2.59. The van der Waals surface area contributed by atoms with Crippen LogP contribution in [0.1, 0.15) is 12.0 Å². The molecule has 1 heterocycles. The smallest absolute Gasteiger partial charge is 0.307 e.